The number of nitrogens with one attached hydrogen (secondary N) is 2. The predicted octanol–water partition coefficient (Wildman–Crippen LogP) is 1.96. The molecule has 1 amide bonds. The van der Waals surface area contributed by atoms with Gasteiger partial charge in [0.25, 0.3) is 11.5 Å². The summed E-state index contributed by atoms with van der Waals surface area (Å²) in [5.74, 6) is -0.406. The van der Waals surface area contributed by atoms with Crippen LogP contribution in [0.15, 0.2) is 47.4 Å². The Morgan fingerprint density at radius 1 is 1.28 bits per heavy atom. The second-order valence-corrected chi connectivity index (χ2v) is 4.16. The second-order valence-electron chi connectivity index (χ2n) is 3.73. The molecule has 0 atom stereocenters. The van der Waals surface area contributed by atoms with E-state index in [-0.39, 0.29) is 5.56 Å². The normalized spacial score (nSPS) is 10.1. The molecule has 2 rings (SSSR count). The average molecular weight is 263 g/mol. The number of hydrogen-bond donors (Lipinski definition) is 2. The number of aromatic nitrogens is 1. The Labute approximate surface area is 109 Å². The zero-order valence-electron chi connectivity index (χ0n) is 9.44. The van der Waals surface area contributed by atoms with Crippen LogP contribution in [0.5, 0.6) is 0 Å². The molecule has 0 bridgehead atoms. The first-order chi connectivity index (χ1) is 8.66. The van der Waals surface area contributed by atoms with Crippen LogP contribution in [0, 0.1) is 0 Å². The van der Waals surface area contributed by atoms with Crippen molar-refractivity contribution in [1.29, 1.82) is 0 Å². The maximum Gasteiger partial charge on any atom is 0.260 e. The van der Waals surface area contributed by atoms with Gasteiger partial charge in [0.15, 0.2) is 0 Å². The Bertz CT molecular complexity index is 622. The van der Waals surface area contributed by atoms with E-state index in [9.17, 15) is 9.59 Å². The van der Waals surface area contributed by atoms with Gasteiger partial charge in [0, 0.05) is 17.8 Å². The number of H-pyrrole nitrogens is 1. The van der Waals surface area contributed by atoms with Crippen molar-refractivity contribution in [3.63, 3.8) is 0 Å². The molecule has 0 fully saturated rings. The average Bonchev–Trinajstić information content (AvgIpc) is 2.37. The van der Waals surface area contributed by atoms with Gasteiger partial charge in [-0.2, -0.15) is 0 Å². The lowest BCUT2D eigenvalue weighted by molar-refractivity contribution is 0.0949. The van der Waals surface area contributed by atoms with Crippen molar-refractivity contribution in [3.8, 4) is 0 Å². The molecule has 1 aromatic heterocycles. The molecule has 18 heavy (non-hydrogen) atoms. The lowest BCUT2D eigenvalue weighted by atomic mass is 10.2. The summed E-state index contributed by atoms with van der Waals surface area (Å²) in [5.41, 5.74) is 0.573. The summed E-state index contributed by atoms with van der Waals surface area (Å²) >= 11 is 5.83. The first kappa shape index (κ1) is 12.4. The van der Waals surface area contributed by atoms with Crippen LogP contribution in [0.25, 0.3) is 0 Å². The van der Waals surface area contributed by atoms with Crippen LogP contribution in [-0.2, 0) is 6.54 Å². The number of carbonyl (C=O) groups is 1. The molecule has 0 aliphatic carbocycles. The van der Waals surface area contributed by atoms with Gasteiger partial charge in [-0.25, -0.2) is 0 Å². The van der Waals surface area contributed by atoms with Crippen molar-refractivity contribution >= 4 is 17.5 Å². The summed E-state index contributed by atoms with van der Waals surface area (Å²) in [6.07, 6.45) is 1.48. The molecule has 2 N–H and O–H groups in total. The molecule has 1 aromatic carbocycles. The highest BCUT2D eigenvalue weighted by Crippen LogP contribution is 2.10. The van der Waals surface area contributed by atoms with Crippen LogP contribution in [0.3, 0.4) is 0 Å². The number of hydrogen-bond acceptors (Lipinski definition) is 2. The van der Waals surface area contributed by atoms with Crippen molar-refractivity contribution in [3.05, 3.63) is 69.1 Å². The fourth-order valence-corrected chi connectivity index (χ4v) is 1.74. The van der Waals surface area contributed by atoms with Crippen molar-refractivity contribution < 1.29 is 4.79 Å². The van der Waals surface area contributed by atoms with Crippen LogP contribution < -0.4 is 10.9 Å². The van der Waals surface area contributed by atoms with Gasteiger partial charge in [-0.05, 0) is 29.8 Å². The Hall–Kier alpha value is -2.07. The van der Waals surface area contributed by atoms with E-state index in [0.29, 0.717) is 11.6 Å². The van der Waals surface area contributed by atoms with Crippen LogP contribution in [0.4, 0.5) is 0 Å². The lowest BCUT2D eigenvalue weighted by Crippen LogP contribution is -2.28. The number of pyridine rings is 1. The summed E-state index contributed by atoms with van der Waals surface area (Å²) < 4.78 is 0. The van der Waals surface area contributed by atoms with Gasteiger partial charge >= 0.3 is 0 Å². The molecule has 0 unspecified atom stereocenters. The largest absolute Gasteiger partial charge is 0.348 e. The third kappa shape index (κ3) is 2.99. The maximum absolute atomic E-state index is 11.8. The van der Waals surface area contributed by atoms with E-state index in [1.54, 1.807) is 24.3 Å². The zero-order chi connectivity index (χ0) is 13.0. The fourth-order valence-electron chi connectivity index (χ4n) is 1.52. The number of carbonyl (C=O) groups excluding carboxylic acids is 1. The summed E-state index contributed by atoms with van der Waals surface area (Å²) in [4.78, 5) is 25.6. The molecule has 0 aliphatic rings. The highest BCUT2D eigenvalue weighted by atomic mass is 35.5. The van der Waals surface area contributed by atoms with E-state index in [1.165, 1.54) is 12.3 Å². The highest BCUT2D eigenvalue weighted by molar-refractivity contribution is 6.30. The molecule has 0 radical (unpaired) electrons. The predicted molar refractivity (Wildman–Crippen MR) is 69.7 cm³/mol. The minimum atomic E-state index is -0.406. The van der Waals surface area contributed by atoms with Gasteiger partial charge in [0.05, 0.1) is 0 Å². The Morgan fingerprint density at radius 2 is 2.11 bits per heavy atom. The second kappa shape index (κ2) is 5.51. The molecular weight excluding hydrogens is 252 g/mol. The molecule has 0 spiro atoms. The minimum Gasteiger partial charge on any atom is -0.348 e. The fraction of sp³-hybridized carbons (Fsp3) is 0.0769. The number of benzene rings is 1. The quantitative estimate of drug-likeness (QED) is 0.888. The van der Waals surface area contributed by atoms with Crippen LogP contribution in [-0.4, -0.2) is 10.9 Å². The number of rotatable bonds is 3. The van der Waals surface area contributed by atoms with Gasteiger partial charge in [0.2, 0.25) is 0 Å². The van der Waals surface area contributed by atoms with Crippen LogP contribution in [0.1, 0.15) is 15.9 Å². The smallest absolute Gasteiger partial charge is 0.260 e. The van der Waals surface area contributed by atoms with Gasteiger partial charge < -0.3 is 10.3 Å². The van der Waals surface area contributed by atoms with E-state index in [1.807, 2.05) is 6.07 Å². The van der Waals surface area contributed by atoms with E-state index < -0.39 is 11.5 Å². The van der Waals surface area contributed by atoms with Gasteiger partial charge in [-0.1, -0.05) is 23.7 Å². The Kier molecular flexibility index (Phi) is 3.79. The molecule has 2 aromatic rings. The Balaban J connectivity index is 2.05. The van der Waals surface area contributed by atoms with Crippen molar-refractivity contribution in [1.82, 2.24) is 10.3 Å². The third-order valence-corrected chi connectivity index (χ3v) is 2.64. The maximum atomic E-state index is 11.8. The summed E-state index contributed by atoms with van der Waals surface area (Å²) in [7, 11) is 0. The highest BCUT2D eigenvalue weighted by Gasteiger charge is 2.08. The van der Waals surface area contributed by atoms with E-state index in [2.05, 4.69) is 10.3 Å². The molecule has 0 saturated heterocycles. The van der Waals surface area contributed by atoms with Crippen molar-refractivity contribution in [2.45, 2.75) is 6.54 Å². The lowest BCUT2D eigenvalue weighted by Gasteiger charge is -2.05. The molecular formula is C13H11ClN2O2. The van der Waals surface area contributed by atoms with Gasteiger partial charge in [-0.3, -0.25) is 9.59 Å². The topological polar surface area (TPSA) is 62.0 Å². The summed E-state index contributed by atoms with van der Waals surface area (Å²) in [5, 5.41) is 3.28. The molecule has 0 aliphatic heterocycles. The molecule has 1 heterocycles. The minimum absolute atomic E-state index is 0.0968. The summed E-state index contributed by atoms with van der Waals surface area (Å²) in [6, 6.07) is 10.3. The van der Waals surface area contributed by atoms with E-state index in [4.69, 9.17) is 11.6 Å². The number of amides is 1. The standard InChI is InChI=1S/C13H11ClN2O2/c14-10-4-1-3-9(7-10)8-16-13(18)11-5-2-6-15-12(11)17/h1-7H,8H2,(H,15,17)(H,16,18). The Morgan fingerprint density at radius 3 is 2.83 bits per heavy atom. The van der Waals surface area contributed by atoms with Crippen LogP contribution >= 0.6 is 11.6 Å². The van der Waals surface area contributed by atoms with Crippen LogP contribution in [0.2, 0.25) is 5.02 Å². The van der Waals surface area contributed by atoms with Gasteiger partial charge in [0.1, 0.15) is 5.56 Å². The number of aromatic amines is 1. The molecule has 0 saturated carbocycles. The molecule has 92 valence electrons. The zero-order valence-corrected chi connectivity index (χ0v) is 10.2. The monoisotopic (exact) mass is 262 g/mol. The molecule has 4 nitrogen and oxygen atoms in total. The SMILES string of the molecule is O=C(NCc1cccc(Cl)c1)c1ccc[nH]c1=O. The van der Waals surface area contributed by atoms with Gasteiger partial charge in [-0.15, -0.1) is 0 Å². The first-order valence-corrected chi connectivity index (χ1v) is 5.75. The molecule has 5 heteroatoms. The van der Waals surface area contributed by atoms with Crippen molar-refractivity contribution in [2.75, 3.05) is 0 Å². The van der Waals surface area contributed by atoms with E-state index >= 15 is 0 Å². The van der Waals surface area contributed by atoms with E-state index in [0.717, 1.165) is 5.56 Å². The first-order valence-electron chi connectivity index (χ1n) is 5.37. The van der Waals surface area contributed by atoms with Crippen molar-refractivity contribution in [2.24, 2.45) is 0 Å². The number of halogens is 1. The summed E-state index contributed by atoms with van der Waals surface area (Å²) in [6.45, 7) is 0.327. The third-order valence-electron chi connectivity index (χ3n) is 2.40.